The average Bonchev–Trinajstić information content (AvgIpc) is 3.57. The third-order valence-electron chi connectivity index (χ3n) is 7.57. The molecule has 206 valence electrons. The molecule has 2 heterocycles. The number of hydrogen-bond acceptors (Lipinski definition) is 4. The minimum atomic E-state index is -1.05. The maximum atomic E-state index is 13.3. The Balaban J connectivity index is 1.46. The molecule has 4 aromatic carbocycles. The van der Waals surface area contributed by atoms with Crippen LogP contribution < -0.4 is 11.1 Å². The summed E-state index contributed by atoms with van der Waals surface area (Å²) in [4.78, 5) is 16.6. The minimum absolute atomic E-state index is 0.244. The highest BCUT2D eigenvalue weighted by molar-refractivity contribution is 5.87. The van der Waals surface area contributed by atoms with Crippen LogP contribution >= 0.6 is 0 Å². The number of nitrogens with one attached hydrogen (secondary N) is 2. The Bertz CT molecular complexity index is 1810. The molecule has 0 aliphatic heterocycles. The van der Waals surface area contributed by atoms with Crippen molar-refractivity contribution in [2.45, 2.75) is 44.8 Å². The van der Waals surface area contributed by atoms with E-state index in [0.29, 0.717) is 25.2 Å². The second-order valence-corrected chi connectivity index (χ2v) is 11.2. The summed E-state index contributed by atoms with van der Waals surface area (Å²) in [6.07, 6.45) is 3.16. The van der Waals surface area contributed by atoms with Crippen molar-refractivity contribution in [2.24, 2.45) is 5.73 Å². The van der Waals surface area contributed by atoms with Gasteiger partial charge in [-0.15, -0.1) is 10.2 Å². The molecule has 4 N–H and O–H groups in total. The highest BCUT2D eigenvalue weighted by Crippen LogP contribution is 2.27. The molecule has 1 atom stereocenters. The van der Waals surface area contributed by atoms with Gasteiger partial charge in [-0.25, -0.2) is 0 Å². The first-order chi connectivity index (χ1) is 19.9. The van der Waals surface area contributed by atoms with E-state index < -0.39 is 11.6 Å². The molecule has 1 amide bonds. The second kappa shape index (κ2) is 11.0. The summed E-state index contributed by atoms with van der Waals surface area (Å²) >= 11 is 0. The van der Waals surface area contributed by atoms with E-state index in [-0.39, 0.29) is 5.91 Å². The number of H-pyrrole nitrogens is 1. The molecule has 0 spiro atoms. The maximum absolute atomic E-state index is 13.3. The number of amides is 1. The maximum Gasteiger partial charge on any atom is 0.240 e. The van der Waals surface area contributed by atoms with Gasteiger partial charge in [-0.2, -0.15) is 0 Å². The summed E-state index contributed by atoms with van der Waals surface area (Å²) in [5.74, 6) is 1.29. The van der Waals surface area contributed by atoms with Crippen LogP contribution in [0.3, 0.4) is 0 Å². The number of rotatable bonds is 9. The minimum Gasteiger partial charge on any atom is -0.361 e. The highest BCUT2D eigenvalue weighted by Gasteiger charge is 2.30. The lowest BCUT2D eigenvalue weighted by Crippen LogP contribution is -2.50. The van der Waals surface area contributed by atoms with Gasteiger partial charge in [0.15, 0.2) is 5.82 Å². The lowest BCUT2D eigenvalue weighted by Gasteiger charge is -2.25. The molecule has 0 fully saturated rings. The third kappa shape index (κ3) is 5.62. The first-order valence-electron chi connectivity index (χ1n) is 13.9. The smallest absolute Gasteiger partial charge is 0.240 e. The average molecular weight is 543 g/mol. The number of carbonyl (C=O) groups excluding carboxylic acids is 1. The van der Waals surface area contributed by atoms with Gasteiger partial charge in [0.25, 0.3) is 0 Å². The number of aromatic amines is 1. The van der Waals surface area contributed by atoms with Crippen molar-refractivity contribution >= 4 is 27.6 Å². The van der Waals surface area contributed by atoms with Crippen molar-refractivity contribution in [1.29, 1.82) is 0 Å². The van der Waals surface area contributed by atoms with Crippen molar-refractivity contribution in [3.8, 4) is 0 Å². The standard InChI is InChI=1S/C34H34N6O/c1-34(2,35)33(41)37-30(20-26-21-36-29-18-9-8-17-28(26)29)32-39-38-31(19-23-11-4-3-5-12-23)40(32)22-25-15-10-14-24-13-6-7-16-27(24)25/h3-18,21,30,36H,19-20,22,35H2,1-2H3,(H,37,41)/t30-/m1/s1. The van der Waals surface area contributed by atoms with E-state index in [9.17, 15) is 4.79 Å². The topological polar surface area (TPSA) is 102 Å². The van der Waals surface area contributed by atoms with Crippen molar-refractivity contribution in [2.75, 3.05) is 0 Å². The molecule has 0 radical (unpaired) electrons. The van der Waals surface area contributed by atoms with E-state index in [2.05, 4.69) is 81.6 Å². The van der Waals surface area contributed by atoms with E-state index in [1.54, 1.807) is 13.8 Å². The Morgan fingerprint density at radius 1 is 0.878 bits per heavy atom. The van der Waals surface area contributed by atoms with Gasteiger partial charge in [0.1, 0.15) is 5.82 Å². The summed E-state index contributed by atoms with van der Waals surface area (Å²) in [6, 6.07) is 32.7. The Hall–Kier alpha value is -4.75. The predicted molar refractivity (Wildman–Crippen MR) is 163 cm³/mol. The monoisotopic (exact) mass is 542 g/mol. The first-order valence-corrected chi connectivity index (χ1v) is 13.9. The van der Waals surface area contributed by atoms with E-state index in [1.165, 1.54) is 10.8 Å². The Morgan fingerprint density at radius 3 is 2.39 bits per heavy atom. The van der Waals surface area contributed by atoms with Gasteiger partial charge < -0.3 is 20.6 Å². The summed E-state index contributed by atoms with van der Waals surface area (Å²) in [7, 11) is 0. The molecule has 0 saturated heterocycles. The van der Waals surface area contributed by atoms with Crippen LogP contribution in [0.1, 0.15) is 48.2 Å². The molecule has 0 unspecified atom stereocenters. The van der Waals surface area contributed by atoms with Gasteiger partial charge in [-0.1, -0.05) is 91.0 Å². The summed E-state index contributed by atoms with van der Waals surface area (Å²) < 4.78 is 2.16. The fourth-order valence-corrected chi connectivity index (χ4v) is 5.36. The van der Waals surface area contributed by atoms with Crippen molar-refractivity contribution in [3.63, 3.8) is 0 Å². The van der Waals surface area contributed by atoms with Crippen molar-refractivity contribution in [1.82, 2.24) is 25.1 Å². The van der Waals surface area contributed by atoms with Gasteiger partial charge in [0.05, 0.1) is 18.1 Å². The molecule has 0 aliphatic carbocycles. The van der Waals surface area contributed by atoms with E-state index >= 15 is 0 Å². The summed E-state index contributed by atoms with van der Waals surface area (Å²) in [5.41, 5.74) is 9.63. The molecule has 7 nitrogen and oxygen atoms in total. The van der Waals surface area contributed by atoms with Crippen LogP contribution in [0.5, 0.6) is 0 Å². The van der Waals surface area contributed by atoms with Crippen molar-refractivity contribution in [3.05, 3.63) is 132 Å². The lowest BCUT2D eigenvalue weighted by molar-refractivity contribution is -0.126. The Morgan fingerprint density at radius 2 is 1.59 bits per heavy atom. The number of para-hydroxylation sites is 1. The molecule has 6 aromatic rings. The highest BCUT2D eigenvalue weighted by atomic mass is 16.2. The summed E-state index contributed by atoms with van der Waals surface area (Å²) in [6.45, 7) is 4.00. The van der Waals surface area contributed by atoms with Gasteiger partial charge >= 0.3 is 0 Å². The fraction of sp³-hybridized carbons (Fsp3) is 0.206. The van der Waals surface area contributed by atoms with Gasteiger partial charge in [0, 0.05) is 29.9 Å². The largest absolute Gasteiger partial charge is 0.361 e. The summed E-state index contributed by atoms with van der Waals surface area (Å²) in [5, 5.41) is 16.1. The Labute approximate surface area is 239 Å². The molecule has 7 heteroatoms. The molecule has 41 heavy (non-hydrogen) atoms. The zero-order chi connectivity index (χ0) is 28.4. The number of carbonyl (C=O) groups is 1. The van der Waals surface area contributed by atoms with Crippen LogP contribution in [0, 0.1) is 0 Å². The van der Waals surface area contributed by atoms with Gasteiger partial charge in [-0.3, -0.25) is 4.79 Å². The SMILES string of the molecule is CC(C)(N)C(=O)N[C@H](Cc1c[nH]c2ccccc12)c1nnc(Cc2ccccc2)n1Cc1cccc2ccccc12. The van der Waals surface area contributed by atoms with Gasteiger partial charge in [-0.05, 0) is 47.4 Å². The van der Waals surface area contributed by atoms with Crippen LogP contribution in [-0.4, -0.2) is 31.2 Å². The molecule has 6 rings (SSSR count). The number of benzene rings is 4. The molecule has 2 aromatic heterocycles. The zero-order valence-electron chi connectivity index (χ0n) is 23.3. The van der Waals surface area contributed by atoms with E-state index in [4.69, 9.17) is 15.9 Å². The van der Waals surface area contributed by atoms with E-state index in [1.807, 2.05) is 36.5 Å². The van der Waals surface area contributed by atoms with Crippen LogP contribution in [0.25, 0.3) is 21.7 Å². The Kier molecular flexibility index (Phi) is 7.12. The van der Waals surface area contributed by atoms with E-state index in [0.717, 1.165) is 33.4 Å². The molecular formula is C34H34N6O. The molecule has 0 bridgehead atoms. The number of aromatic nitrogens is 4. The number of fused-ring (bicyclic) bond motifs is 2. The molecular weight excluding hydrogens is 508 g/mol. The number of nitrogens with zero attached hydrogens (tertiary/aromatic N) is 3. The van der Waals surface area contributed by atoms with Crippen LogP contribution in [0.4, 0.5) is 0 Å². The third-order valence-corrected chi connectivity index (χ3v) is 7.57. The van der Waals surface area contributed by atoms with Crippen molar-refractivity contribution < 1.29 is 4.79 Å². The normalized spacial score (nSPS) is 12.6. The van der Waals surface area contributed by atoms with Crippen LogP contribution in [-0.2, 0) is 24.2 Å². The fourth-order valence-electron chi connectivity index (χ4n) is 5.36. The number of nitrogens with two attached hydrogens (primary N) is 1. The zero-order valence-corrected chi connectivity index (χ0v) is 23.3. The van der Waals surface area contributed by atoms with Crippen LogP contribution in [0.15, 0.2) is 103 Å². The van der Waals surface area contributed by atoms with Crippen LogP contribution in [0.2, 0.25) is 0 Å². The molecule has 0 saturated carbocycles. The number of hydrogen-bond donors (Lipinski definition) is 3. The predicted octanol–water partition coefficient (Wildman–Crippen LogP) is 5.69. The second-order valence-electron chi connectivity index (χ2n) is 11.2. The lowest BCUT2D eigenvalue weighted by atomic mass is 10.0. The molecule has 0 aliphatic rings. The quantitative estimate of drug-likeness (QED) is 0.218. The first kappa shape index (κ1) is 26.5. The van der Waals surface area contributed by atoms with Gasteiger partial charge in [0.2, 0.25) is 5.91 Å².